The Kier molecular flexibility index (Phi) is 4.72. The van der Waals surface area contributed by atoms with E-state index in [9.17, 15) is 9.59 Å². The van der Waals surface area contributed by atoms with Crippen LogP contribution in [0.4, 0.5) is 0 Å². The van der Waals surface area contributed by atoms with E-state index in [1.807, 2.05) is 0 Å². The molecule has 1 aromatic carbocycles. The second-order valence-corrected chi connectivity index (χ2v) is 3.83. The highest BCUT2D eigenvalue weighted by atomic mass is 35.5. The first-order valence-electron chi connectivity index (χ1n) is 4.94. The molecule has 1 atom stereocenters. The third-order valence-corrected chi connectivity index (χ3v) is 2.36. The number of rotatable bonds is 5. The van der Waals surface area contributed by atoms with Gasteiger partial charge in [-0.1, -0.05) is 17.7 Å². The molecular formula is C12H12ClNO3. The Morgan fingerprint density at radius 1 is 1.41 bits per heavy atom. The fourth-order valence-electron chi connectivity index (χ4n) is 1.23. The number of hydrogen-bond acceptors (Lipinski definition) is 2. The van der Waals surface area contributed by atoms with Gasteiger partial charge in [0.2, 0.25) is 0 Å². The highest BCUT2D eigenvalue weighted by molar-refractivity contribution is 6.30. The third-order valence-electron chi connectivity index (χ3n) is 2.11. The Labute approximate surface area is 104 Å². The first-order valence-corrected chi connectivity index (χ1v) is 5.32. The maximum Gasteiger partial charge on any atom is 0.326 e. The van der Waals surface area contributed by atoms with Crippen molar-refractivity contribution in [2.75, 3.05) is 0 Å². The minimum Gasteiger partial charge on any atom is -0.480 e. The zero-order valence-electron chi connectivity index (χ0n) is 9.02. The van der Waals surface area contributed by atoms with Crippen molar-refractivity contribution in [3.05, 3.63) is 47.5 Å². The lowest BCUT2D eigenvalue weighted by molar-refractivity contribution is -0.139. The van der Waals surface area contributed by atoms with Crippen LogP contribution in [0.5, 0.6) is 0 Å². The van der Waals surface area contributed by atoms with E-state index in [4.69, 9.17) is 16.7 Å². The largest absolute Gasteiger partial charge is 0.480 e. The monoisotopic (exact) mass is 253 g/mol. The number of nitrogens with one attached hydrogen (secondary N) is 1. The molecule has 17 heavy (non-hydrogen) atoms. The standard InChI is InChI=1S/C12H12ClNO3/c1-2-3-10(12(16)17)14-11(15)8-4-6-9(13)7-5-8/h2,4-7,10H,1,3H2,(H,14,15)(H,16,17)/t10-/m0/s1. The van der Waals surface area contributed by atoms with Crippen molar-refractivity contribution in [3.8, 4) is 0 Å². The van der Waals surface area contributed by atoms with E-state index in [1.165, 1.54) is 18.2 Å². The van der Waals surface area contributed by atoms with Crippen molar-refractivity contribution >= 4 is 23.5 Å². The summed E-state index contributed by atoms with van der Waals surface area (Å²) in [5.41, 5.74) is 0.365. The van der Waals surface area contributed by atoms with Gasteiger partial charge in [0, 0.05) is 10.6 Å². The molecule has 0 aliphatic heterocycles. The summed E-state index contributed by atoms with van der Waals surface area (Å²) < 4.78 is 0. The minimum atomic E-state index is -1.09. The van der Waals surface area contributed by atoms with E-state index < -0.39 is 17.9 Å². The second-order valence-electron chi connectivity index (χ2n) is 3.40. The quantitative estimate of drug-likeness (QED) is 0.790. The lowest BCUT2D eigenvalue weighted by Gasteiger charge is -2.12. The SMILES string of the molecule is C=CC[C@H](NC(=O)c1ccc(Cl)cc1)C(=O)O. The Morgan fingerprint density at radius 2 is 2.00 bits per heavy atom. The first kappa shape index (κ1) is 13.3. The van der Waals surface area contributed by atoms with Crippen LogP contribution in [0.2, 0.25) is 5.02 Å². The fraction of sp³-hybridized carbons (Fsp3) is 0.167. The summed E-state index contributed by atoms with van der Waals surface area (Å²) in [4.78, 5) is 22.5. The molecule has 1 amide bonds. The smallest absolute Gasteiger partial charge is 0.326 e. The molecular weight excluding hydrogens is 242 g/mol. The van der Waals surface area contributed by atoms with E-state index >= 15 is 0 Å². The number of halogens is 1. The second kappa shape index (κ2) is 6.06. The number of carboxylic acids is 1. The van der Waals surface area contributed by atoms with E-state index in [0.29, 0.717) is 10.6 Å². The molecule has 2 N–H and O–H groups in total. The summed E-state index contributed by atoms with van der Waals surface area (Å²) in [6, 6.07) is 5.24. The highest BCUT2D eigenvalue weighted by Gasteiger charge is 2.18. The average molecular weight is 254 g/mol. The molecule has 0 aromatic heterocycles. The molecule has 5 heteroatoms. The van der Waals surface area contributed by atoms with Crippen LogP contribution in [0, 0.1) is 0 Å². The number of carbonyl (C=O) groups is 2. The van der Waals surface area contributed by atoms with Gasteiger partial charge in [0.25, 0.3) is 5.91 Å². The summed E-state index contributed by atoms with van der Waals surface area (Å²) >= 11 is 5.68. The van der Waals surface area contributed by atoms with Crippen LogP contribution in [0.1, 0.15) is 16.8 Å². The summed E-state index contributed by atoms with van der Waals surface area (Å²) in [5, 5.41) is 11.8. The molecule has 0 fully saturated rings. The van der Waals surface area contributed by atoms with Gasteiger partial charge in [-0.25, -0.2) is 4.79 Å². The number of carbonyl (C=O) groups excluding carboxylic acids is 1. The third kappa shape index (κ3) is 3.92. The van der Waals surface area contributed by atoms with E-state index in [0.717, 1.165) is 0 Å². The van der Waals surface area contributed by atoms with Crippen LogP contribution in [0.15, 0.2) is 36.9 Å². The molecule has 0 saturated heterocycles. The van der Waals surface area contributed by atoms with Gasteiger partial charge < -0.3 is 10.4 Å². The van der Waals surface area contributed by atoms with Crippen LogP contribution in [0.3, 0.4) is 0 Å². The lowest BCUT2D eigenvalue weighted by Crippen LogP contribution is -2.40. The predicted octanol–water partition coefficient (Wildman–Crippen LogP) is 2.10. The molecule has 0 bridgehead atoms. The van der Waals surface area contributed by atoms with Crippen molar-refractivity contribution in [1.82, 2.24) is 5.32 Å². The maximum atomic E-state index is 11.7. The van der Waals surface area contributed by atoms with Crippen LogP contribution >= 0.6 is 11.6 Å². The molecule has 0 spiro atoms. The fourth-order valence-corrected chi connectivity index (χ4v) is 1.36. The van der Waals surface area contributed by atoms with Gasteiger partial charge in [0.1, 0.15) is 6.04 Å². The molecule has 90 valence electrons. The molecule has 0 radical (unpaired) electrons. The summed E-state index contributed by atoms with van der Waals surface area (Å²) in [7, 11) is 0. The zero-order valence-corrected chi connectivity index (χ0v) is 9.78. The first-order chi connectivity index (χ1) is 8.04. The van der Waals surface area contributed by atoms with Gasteiger partial charge in [0.05, 0.1) is 0 Å². The van der Waals surface area contributed by atoms with Crippen molar-refractivity contribution in [2.24, 2.45) is 0 Å². The molecule has 1 aromatic rings. The minimum absolute atomic E-state index is 0.175. The van der Waals surface area contributed by atoms with Gasteiger partial charge in [-0.2, -0.15) is 0 Å². The van der Waals surface area contributed by atoms with E-state index in [2.05, 4.69) is 11.9 Å². The van der Waals surface area contributed by atoms with Gasteiger partial charge in [0.15, 0.2) is 0 Å². The van der Waals surface area contributed by atoms with E-state index in [1.54, 1.807) is 12.1 Å². The van der Waals surface area contributed by atoms with Gasteiger partial charge in [-0.15, -0.1) is 6.58 Å². The summed E-state index contributed by atoms with van der Waals surface area (Å²) in [5.74, 6) is -1.54. The molecule has 0 aliphatic rings. The number of carboxylic acid groups (broad SMARTS) is 1. The van der Waals surface area contributed by atoms with Gasteiger partial charge in [-0.3, -0.25) is 4.79 Å². The van der Waals surface area contributed by atoms with Crippen molar-refractivity contribution in [1.29, 1.82) is 0 Å². The van der Waals surface area contributed by atoms with Crippen LogP contribution in [-0.2, 0) is 4.79 Å². The van der Waals surface area contributed by atoms with Crippen molar-refractivity contribution in [3.63, 3.8) is 0 Å². The Hall–Kier alpha value is -1.81. The van der Waals surface area contributed by atoms with Gasteiger partial charge >= 0.3 is 5.97 Å². The summed E-state index contributed by atoms with van der Waals surface area (Å²) in [6.07, 6.45) is 1.62. The number of amides is 1. The number of hydrogen-bond donors (Lipinski definition) is 2. The Balaban J connectivity index is 2.73. The number of benzene rings is 1. The van der Waals surface area contributed by atoms with Crippen LogP contribution in [-0.4, -0.2) is 23.0 Å². The normalized spacial score (nSPS) is 11.6. The van der Waals surface area contributed by atoms with Crippen molar-refractivity contribution < 1.29 is 14.7 Å². The molecule has 0 aliphatic carbocycles. The maximum absolute atomic E-state index is 11.7. The topological polar surface area (TPSA) is 66.4 Å². The number of aliphatic carboxylic acids is 1. The van der Waals surface area contributed by atoms with Crippen LogP contribution < -0.4 is 5.32 Å². The molecule has 4 nitrogen and oxygen atoms in total. The lowest BCUT2D eigenvalue weighted by atomic mass is 10.1. The molecule has 0 heterocycles. The van der Waals surface area contributed by atoms with Gasteiger partial charge in [-0.05, 0) is 30.7 Å². The predicted molar refractivity (Wildman–Crippen MR) is 65.2 cm³/mol. The summed E-state index contributed by atoms with van der Waals surface area (Å²) in [6.45, 7) is 3.44. The molecule has 0 saturated carbocycles. The molecule has 1 rings (SSSR count). The van der Waals surface area contributed by atoms with E-state index in [-0.39, 0.29) is 6.42 Å². The molecule has 0 unspecified atom stereocenters. The average Bonchev–Trinajstić information content (AvgIpc) is 2.29. The Bertz CT molecular complexity index is 428. The van der Waals surface area contributed by atoms with Crippen molar-refractivity contribution in [2.45, 2.75) is 12.5 Å². The zero-order chi connectivity index (χ0) is 12.8. The van der Waals surface area contributed by atoms with Crippen LogP contribution in [0.25, 0.3) is 0 Å². The highest BCUT2D eigenvalue weighted by Crippen LogP contribution is 2.09. The Morgan fingerprint density at radius 3 is 2.47 bits per heavy atom.